The van der Waals surface area contributed by atoms with Gasteiger partial charge >= 0.3 is 0 Å². The number of nitrogens with one attached hydrogen (secondary N) is 1. The Kier molecular flexibility index (Phi) is 3.98. The molecule has 0 radical (unpaired) electrons. The zero-order valence-corrected chi connectivity index (χ0v) is 14.3. The second-order valence-electron chi connectivity index (χ2n) is 6.35. The molecule has 0 fully saturated rings. The van der Waals surface area contributed by atoms with E-state index in [1.54, 1.807) is 24.3 Å². The number of amides is 1. The van der Waals surface area contributed by atoms with E-state index < -0.39 is 0 Å². The first-order chi connectivity index (χ1) is 12.6. The van der Waals surface area contributed by atoms with Crippen molar-refractivity contribution in [3.8, 4) is 0 Å². The topological polar surface area (TPSA) is 46.2 Å². The van der Waals surface area contributed by atoms with Gasteiger partial charge in [-0.2, -0.15) is 0 Å². The van der Waals surface area contributed by atoms with E-state index in [9.17, 15) is 9.59 Å². The van der Waals surface area contributed by atoms with Crippen LogP contribution in [0.5, 0.6) is 0 Å². The lowest BCUT2D eigenvalue weighted by Crippen LogP contribution is -2.12. The van der Waals surface area contributed by atoms with Crippen molar-refractivity contribution in [3.63, 3.8) is 0 Å². The fourth-order valence-corrected chi connectivity index (χ4v) is 3.08. The smallest absolute Gasteiger partial charge is 0.255 e. The molecule has 0 aromatic heterocycles. The average Bonchev–Trinajstić information content (AvgIpc) is 2.66. The third-order valence-electron chi connectivity index (χ3n) is 4.52. The van der Waals surface area contributed by atoms with Crippen LogP contribution in [0.2, 0.25) is 0 Å². The SMILES string of the molecule is CC(=O)c1ccc(C(=O)Nc2ccc3cc4ccccc4cc3c2)cc1. The minimum absolute atomic E-state index is 0.0151. The fourth-order valence-electron chi connectivity index (χ4n) is 3.08. The van der Waals surface area contributed by atoms with Crippen molar-refractivity contribution in [1.29, 1.82) is 0 Å². The standard InChI is InChI=1S/C23H17NO2/c1-15(25)16-6-8-17(9-7-16)23(26)24-22-11-10-20-12-18-4-2-3-5-19(18)13-21(20)14-22/h2-14H,1H3,(H,24,26). The van der Waals surface area contributed by atoms with Gasteiger partial charge in [0, 0.05) is 16.8 Å². The van der Waals surface area contributed by atoms with Gasteiger partial charge < -0.3 is 5.32 Å². The lowest BCUT2D eigenvalue weighted by molar-refractivity contribution is 0.101. The van der Waals surface area contributed by atoms with Crippen LogP contribution < -0.4 is 5.32 Å². The summed E-state index contributed by atoms with van der Waals surface area (Å²) >= 11 is 0. The Labute approximate surface area is 151 Å². The molecule has 26 heavy (non-hydrogen) atoms. The molecule has 126 valence electrons. The fraction of sp³-hybridized carbons (Fsp3) is 0.0435. The van der Waals surface area contributed by atoms with E-state index in [-0.39, 0.29) is 11.7 Å². The van der Waals surface area contributed by atoms with Crippen molar-refractivity contribution in [2.24, 2.45) is 0 Å². The molecule has 0 saturated carbocycles. The average molecular weight is 339 g/mol. The number of Topliss-reactive ketones (excluding diaryl/α,β-unsaturated/α-hetero) is 1. The quantitative estimate of drug-likeness (QED) is 0.398. The van der Waals surface area contributed by atoms with E-state index in [1.807, 2.05) is 30.3 Å². The normalized spacial score (nSPS) is 10.8. The van der Waals surface area contributed by atoms with E-state index in [0.717, 1.165) is 16.5 Å². The Morgan fingerprint density at radius 3 is 1.88 bits per heavy atom. The third-order valence-corrected chi connectivity index (χ3v) is 4.52. The number of anilines is 1. The van der Waals surface area contributed by atoms with Crippen molar-refractivity contribution >= 4 is 38.9 Å². The molecule has 0 aliphatic heterocycles. The van der Waals surface area contributed by atoms with Gasteiger partial charge in [0.25, 0.3) is 5.91 Å². The van der Waals surface area contributed by atoms with Crippen molar-refractivity contribution in [2.75, 3.05) is 5.32 Å². The highest BCUT2D eigenvalue weighted by atomic mass is 16.1. The largest absolute Gasteiger partial charge is 0.322 e. The summed E-state index contributed by atoms with van der Waals surface area (Å²) in [6.07, 6.45) is 0. The molecule has 1 N–H and O–H groups in total. The van der Waals surface area contributed by atoms with Crippen LogP contribution in [-0.2, 0) is 0 Å². The number of ketones is 1. The van der Waals surface area contributed by atoms with Gasteiger partial charge in [-0.3, -0.25) is 9.59 Å². The summed E-state index contributed by atoms with van der Waals surface area (Å²) in [5, 5.41) is 7.50. The number of fused-ring (bicyclic) bond motifs is 2. The molecular formula is C23H17NO2. The van der Waals surface area contributed by atoms with Crippen molar-refractivity contribution < 1.29 is 9.59 Å². The van der Waals surface area contributed by atoms with Gasteiger partial charge in [-0.15, -0.1) is 0 Å². The molecule has 4 aromatic rings. The molecule has 4 aromatic carbocycles. The number of benzene rings is 4. The Balaban J connectivity index is 1.62. The molecule has 0 unspecified atom stereocenters. The minimum Gasteiger partial charge on any atom is -0.322 e. The van der Waals surface area contributed by atoms with Crippen LogP contribution in [0.15, 0.2) is 78.9 Å². The summed E-state index contributed by atoms with van der Waals surface area (Å²) in [7, 11) is 0. The molecule has 0 spiro atoms. The number of rotatable bonds is 3. The highest BCUT2D eigenvalue weighted by Gasteiger charge is 2.08. The van der Waals surface area contributed by atoms with E-state index in [2.05, 4.69) is 29.6 Å². The Morgan fingerprint density at radius 2 is 1.23 bits per heavy atom. The second kappa shape index (κ2) is 6.45. The zero-order valence-electron chi connectivity index (χ0n) is 14.3. The number of carbonyl (C=O) groups excluding carboxylic acids is 2. The molecule has 3 heteroatoms. The lowest BCUT2D eigenvalue weighted by atomic mass is 10.0. The monoisotopic (exact) mass is 339 g/mol. The third kappa shape index (κ3) is 3.07. The maximum atomic E-state index is 12.4. The van der Waals surface area contributed by atoms with Gasteiger partial charge in [0.15, 0.2) is 5.78 Å². The first-order valence-corrected chi connectivity index (χ1v) is 8.45. The molecule has 3 nitrogen and oxygen atoms in total. The summed E-state index contributed by atoms with van der Waals surface area (Å²) in [6, 6.07) is 25.1. The van der Waals surface area contributed by atoms with Gasteiger partial charge in [-0.1, -0.05) is 42.5 Å². The predicted octanol–water partition coefficient (Wildman–Crippen LogP) is 5.45. The molecule has 0 aliphatic carbocycles. The second-order valence-corrected chi connectivity index (χ2v) is 6.35. The molecule has 0 atom stereocenters. The van der Waals surface area contributed by atoms with Crippen LogP contribution >= 0.6 is 0 Å². The first-order valence-electron chi connectivity index (χ1n) is 8.45. The van der Waals surface area contributed by atoms with E-state index in [4.69, 9.17) is 0 Å². The van der Waals surface area contributed by atoms with Crippen LogP contribution in [-0.4, -0.2) is 11.7 Å². The van der Waals surface area contributed by atoms with Crippen LogP contribution in [0.25, 0.3) is 21.5 Å². The van der Waals surface area contributed by atoms with Gasteiger partial charge in [0.05, 0.1) is 0 Å². The highest BCUT2D eigenvalue weighted by Crippen LogP contribution is 2.25. The number of hydrogen-bond donors (Lipinski definition) is 1. The van der Waals surface area contributed by atoms with Crippen molar-refractivity contribution in [1.82, 2.24) is 0 Å². The summed E-state index contributed by atoms with van der Waals surface area (Å²) in [5.41, 5.74) is 1.86. The number of hydrogen-bond acceptors (Lipinski definition) is 2. The van der Waals surface area contributed by atoms with Gasteiger partial charge in [0.2, 0.25) is 0 Å². The van der Waals surface area contributed by atoms with Gasteiger partial charge in [0.1, 0.15) is 0 Å². The molecular weight excluding hydrogens is 322 g/mol. The van der Waals surface area contributed by atoms with Crippen LogP contribution in [0.3, 0.4) is 0 Å². The van der Waals surface area contributed by atoms with E-state index in [0.29, 0.717) is 11.1 Å². The molecule has 0 aliphatic rings. The van der Waals surface area contributed by atoms with Crippen LogP contribution in [0.4, 0.5) is 5.69 Å². The highest BCUT2D eigenvalue weighted by molar-refractivity contribution is 6.06. The minimum atomic E-state index is -0.194. The Bertz CT molecular complexity index is 1140. The Hall–Kier alpha value is -3.46. The molecule has 1 amide bonds. The zero-order chi connectivity index (χ0) is 18.1. The van der Waals surface area contributed by atoms with E-state index >= 15 is 0 Å². The van der Waals surface area contributed by atoms with Crippen LogP contribution in [0, 0.1) is 0 Å². The lowest BCUT2D eigenvalue weighted by Gasteiger charge is -2.08. The molecule has 4 rings (SSSR count). The predicted molar refractivity (Wildman–Crippen MR) is 106 cm³/mol. The van der Waals surface area contributed by atoms with Crippen LogP contribution in [0.1, 0.15) is 27.6 Å². The molecule has 0 heterocycles. The number of carbonyl (C=O) groups is 2. The van der Waals surface area contributed by atoms with E-state index in [1.165, 1.54) is 17.7 Å². The summed E-state index contributed by atoms with van der Waals surface area (Å²) in [4.78, 5) is 23.8. The molecule has 0 bridgehead atoms. The maximum Gasteiger partial charge on any atom is 0.255 e. The van der Waals surface area contributed by atoms with Gasteiger partial charge in [-0.05, 0) is 64.9 Å². The summed E-state index contributed by atoms with van der Waals surface area (Å²) < 4.78 is 0. The Morgan fingerprint density at radius 1 is 0.654 bits per heavy atom. The van der Waals surface area contributed by atoms with Crippen molar-refractivity contribution in [2.45, 2.75) is 6.92 Å². The van der Waals surface area contributed by atoms with Crippen molar-refractivity contribution in [3.05, 3.63) is 90.0 Å². The maximum absolute atomic E-state index is 12.4. The first kappa shape index (κ1) is 16.0. The molecule has 0 saturated heterocycles. The summed E-state index contributed by atoms with van der Waals surface area (Å²) in [5.74, 6) is -0.209. The van der Waals surface area contributed by atoms with Gasteiger partial charge in [-0.25, -0.2) is 0 Å². The summed E-state index contributed by atoms with van der Waals surface area (Å²) in [6.45, 7) is 1.51.